The minimum Gasteiger partial charge on any atom is -0.497 e. The standard InChI is InChI=1S/C19H20N2O3/c1-13-5-4-6-14(11-13)12-21-17(22)19(2,20-18(21)23)15-7-9-16(24-3)10-8-15/h4-11H,12H2,1-3H3,(H,20,23). The van der Waals surface area contributed by atoms with Crippen LogP contribution < -0.4 is 10.1 Å². The molecule has 24 heavy (non-hydrogen) atoms. The van der Waals surface area contributed by atoms with Crippen molar-refractivity contribution < 1.29 is 14.3 Å². The number of benzene rings is 2. The number of hydrogen-bond acceptors (Lipinski definition) is 3. The van der Waals surface area contributed by atoms with Crippen molar-refractivity contribution in [3.05, 3.63) is 65.2 Å². The first-order valence-corrected chi connectivity index (χ1v) is 7.78. The number of imide groups is 1. The molecule has 1 N–H and O–H groups in total. The van der Waals surface area contributed by atoms with Gasteiger partial charge in [0.05, 0.1) is 13.7 Å². The van der Waals surface area contributed by atoms with Crippen LogP contribution in [0.1, 0.15) is 23.6 Å². The lowest BCUT2D eigenvalue weighted by molar-refractivity contribution is -0.131. The van der Waals surface area contributed by atoms with E-state index in [1.54, 1.807) is 38.3 Å². The van der Waals surface area contributed by atoms with E-state index in [-0.39, 0.29) is 18.5 Å². The van der Waals surface area contributed by atoms with Gasteiger partial charge in [0, 0.05) is 0 Å². The summed E-state index contributed by atoms with van der Waals surface area (Å²) in [7, 11) is 1.59. The zero-order valence-corrected chi connectivity index (χ0v) is 14.0. The zero-order valence-electron chi connectivity index (χ0n) is 14.0. The van der Waals surface area contributed by atoms with E-state index in [0.29, 0.717) is 5.75 Å². The van der Waals surface area contributed by atoms with Crippen molar-refractivity contribution in [2.75, 3.05) is 7.11 Å². The Balaban J connectivity index is 1.87. The Morgan fingerprint density at radius 2 is 1.83 bits per heavy atom. The first kappa shape index (κ1) is 16.1. The summed E-state index contributed by atoms with van der Waals surface area (Å²) in [4.78, 5) is 26.5. The quantitative estimate of drug-likeness (QED) is 0.880. The maximum Gasteiger partial charge on any atom is 0.325 e. The van der Waals surface area contributed by atoms with Gasteiger partial charge < -0.3 is 10.1 Å². The van der Waals surface area contributed by atoms with E-state index in [4.69, 9.17) is 4.74 Å². The number of urea groups is 1. The molecule has 0 aromatic heterocycles. The molecule has 1 heterocycles. The van der Waals surface area contributed by atoms with Gasteiger partial charge in [-0.15, -0.1) is 0 Å². The van der Waals surface area contributed by atoms with Crippen molar-refractivity contribution >= 4 is 11.9 Å². The number of carbonyl (C=O) groups excluding carboxylic acids is 2. The molecule has 0 aliphatic carbocycles. The first-order valence-electron chi connectivity index (χ1n) is 7.78. The molecule has 1 fully saturated rings. The molecule has 1 atom stereocenters. The van der Waals surface area contributed by atoms with E-state index in [9.17, 15) is 9.59 Å². The zero-order chi connectivity index (χ0) is 17.3. The van der Waals surface area contributed by atoms with Gasteiger partial charge in [-0.1, -0.05) is 42.0 Å². The van der Waals surface area contributed by atoms with E-state index in [0.717, 1.165) is 16.7 Å². The number of nitrogens with one attached hydrogen (secondary N) is 1. The number of methoxy groups -OCH3 is 1. The summed E-state index contributed by atoms with van der Waals surface area (Å²) in [6, 6.07) is 14.6. The van der Waals surface area contributed by atoms with Crippen LogP contribution in [0.4, 0.5) is 4.79 Å². The highest BCUT2D eigenvalue weighted by atomic mass is 16.5. The summed E-state index contributed by atoms with van der Waals surface area (Å²) in [5.41, 5.74) is 1.69. The molecular weight excluding hydrogens is 304 g/mol. The average molecular weight is 324 g/mol. The molecule has 1 aliphatic rings. The molecule has 5 heteroatoms. The lowest BCUT2D eigenvalue weighted by atomic mass is 9.92. The van der Waals surface area contributed by atoms with Gasteiger partial charge in [-0.05, 0) is 37.1 Å². The Bertz CT molecular complexity index is 785. The van der Waals surface area contributed by atoms with Gasteiger partial charge in [0.15, 0.2) is 0 Å². The van der Waals surface area contributed by atoms with Crippen LogP contribution in [0.15, 0.2) is 48.5 Å². The summed E-state index contributed by atoms with van der Waals surface area (Å²) >= 11 is 0. The fourth-order valence-corrected chi connectivity index (χ4v) is 2.95. The number of amides is 3. The molecular formula is C19H20N2O3. The second kappa shape index (κ2) is 6.00. The molecule has 0 spiro atoms. The number of carbonyl (C=O) groups is 2. The number of ether oxygens (including phenoxy) is 1. The predicted octanol–water partition coefficient (Wildman–Crippen LogP) is 2.97. The van der Waals surface area contributed by atoms with Crippen LogP contribution in [0.5, 0.6) is 5.75 Å². The smallest absolute Gasteiger partial charge is 0.325 e. The number of aryl methyl sites for hydroxylation is 1. The van der Waals surface area contributed by atoms with Crippen LogP contribution in [-0.4, -0.2) is 23.9 Å². The van der Waals surface area contributed by atoms with Gasteiger partial charge in [0.25, 0.3) is 5.91 Å². The topological polar surface area (TPSA) is 58.6 Å². The second-order valence-corrected chi connectivity index (χ2v) is 6.16. The number of hydrogen-bond donors (Lipinski definition) is 1. The van der Waals surface area contributed by atoms with Gasteiger partial charge in [0.1, 0.15) is 11.3 Å². The van der Waals surface area contributed by atoms with Crippen molar-refractivity contribution in [1.29, 1.82) is 0 Å². The van der Waals surface area contributed by atoms with Crippen molar-refractivity contribution in [1.82, 2.24) is 10.2 Å². The minimum atomic E-state index is -1.06. The molecule has 2 aromatic rings. The number of rotatable bonds is 4. The van der Waals surface area contributed by atoms with Gasteiger partial charge >= 0.3 is 6.03 Å². The Morgan fingerprint density at radius 3 is 2.46 bits per heavy atom. The summed E-state index contributed by atoms with van der Waals surface area (Å²) in [6.07, 6.45) is 0. The van der Waals surface area contributed by atoms with Gasteiger partial charge in [-0.25, -0.2) is 4.79 Å². The molecule has 1 unspecified atom stereocenters. The molecule has 0 saturated carbocycles. The maximum atomic E-state index is 12.9. The molecule has 2 aromatic carbocycles. The second-order valence-electron chi connectivity index (χ2n) is 6.16. The fourth-order valence-electron chi connectivity index (χ4n) is 2.95. The molecule has 0 radical (unpaired) electrons. The Morgan fingerprint density at radius 1 is 1.12 bits per heavy atom. The molecule has 0 bridgehead atoms. The summed E-state index contributed by atoms with van der Waals surface area (Å²) in [6.45, 7) is 3.97. The van der Waals surface area contributed by atoms with E-state index in [1.165, 1.54) is 4.90 Å². The Labute approximate surface area is 141 Å². The highest BCUT2D eigenvalue weighted by Gasteiger charge is 2.48. The fraction of sp³-hybridized carbons (Fsp3) is 0.263. The average Bonchev–Trinajstić information content (AvgIpc) is 2.79. The van der Waals surface area contributed by atoms with Gasteiger partial charge in [-0.2, -0.15) is 0 Å². The van der Waals surface area contributed by atoms with Gasteiger partial charge in [-0.3, -0.25) is 9.69 Å². The lowest BCUT2D eigenvalue weighted by Gasteiger charge is -2.22. The largest absolute Gasteiger partial charge is 0.497 e. The van der Waals surface area contributed by atoms with Crippen molar-refractivity contribution in [3.8, 4) is 5.75 Å². The van der Waals surface area contributed by atoms with E-state index >= 15 is 0 Å². The van der Waals surface area contributed by atoms with Crippen LogP contribution in [0, 0.1) is 6.92 Å². The third kappa shape index (κ3) is 2.73. The van der Waals surface area contributed by atoms with E-state index in [2.05, 4.69) is 5.32 Å². The lowest BCUT2D eigenvalue weighted by Crippen LogP contribution is -2.40. The van der Waals surface area contributed by atoms with Crippen LogP contribution in [0.2, 0.25) is 0 Å². The van der Waals surface area contributed by atoms with Crippen molar-refractivity contribution in [2.24, 2.45) is 0 Å². The van der Waals surface area contributed by atoms with Crippen LogP contribution in [0.25, 0.3) is 0 Å². The molecule has 1 aliphatic heterocycles. The van der Waals surface area contributed by atoms with Crippen LogP contribution in [0.3, 0.4) is 0 Å². The van der Waals surface area contributed by atoms with Crippen LogP contribution >= 0.6 is 0 Å². The first-order chi connectivity index (χ1) is 11.4. The molecule has 1 saturated heterocycles. The minimum absolute atomic E-state index is 0.251. The van der Waals surface area contributed by atoms with Crippen molar-refractivity contribution in [2.45, 2.75) is 25.9 Å². The third-order valence-corrected chi connectivity index (χ3v) is 4.37. The molecule has 3 rings (SSSR count). The Hall–Kier alpha value is -2.82. The maximum absolute atomic E-state index is 12.9. The monoisotopic (exact) mass is 324 g/mol. The summed E-state index contributed by atoms with van der Waals surface area (Å²) < 4.78 is 5.14. The Kier molecular flexibility index (Phi) is 4.01. The van der Waals surface area contributed by atoms with E-state index in [1.807, 2.05) is 31.2 Å². The molecule has 124 valence electrons. The molecule has 3 amide bonds. The highest BCUT2D eigenvalue weighted by molar-refractivity contribution is 6.07. The summed E-state index contributed by atoms with van der Waals surface area (Å²) in [5, 5.41) is 2.82. The highest BCUT2D eigenvalue weighted by Crippen LogP contribution is 2.30. The van der Waals surface area contributed by atoms with E-state index < -0.39 is 5.54 Å². The normalized spacial score (nSPS) is 20.2. The van der Waals surface area contributed by atoms with Crippen molar-refractivity contribution in [3.63, 3.8) is 0 Å². The summed E-state index contributed by atoms with van der Waals surface area (Å²) in [5.74, 6) is 0.454. The predicted molar refractivity (Wildman–Crippen MR) is 90.6 cm³/mol. The molecule has 5 nitrogen and oxygen atoms in total. The number of nitrogens with zero attached hydrogens (tertiary/aromatic N) is 1. The third-order valence-electron chi connectivity index (χ3n) is 4.37. The SMILES string of the molecule is COc1ccc(C2(C)NC(=O)N(Cc3cccc(C)c3)C2=O)cc1. The van der Waals surface area contributed by atoms with Crippen LogP contribution in [-0.2, 0) is 16.9 Å². The van der Waals surface area contributed by atoms with Gasteiger partial charge in [0.2, 0.25) is 0 Å².